The van der Waals surface area contributed by atoms with E-state index in [0.29, 0.717) is 5.82 Å². The van der Waals surface area contributed by atoms with Gasteiger partial charge >= 0.3 is 0 Å². The van der Waals surface area contributed by atoms with Crippen molar-refractivity contribution in [3.05, 3.63) is 22.7 Å². The first-order valence-electron chi connectivity index (χ1n) is 6.44. The average Bonchev–Trinajstić information content (AvgIpc) is 2.81. The molecule has 0 aliphatic rings. The highest BCUT2D eigenvalue weighted by atomic mass is 79.9. The van der Waals surface area contributed by atoms with Gasteiger partial charge in [-0.15, -0.1) is 0 Å². The second kappa shape index (κ2) is 6.14. The van der Waals surface area contributed by atoms with Crippen LogP contribution >= 0.6 is 15.9 Å². The van der Waals surface area contributed by atoms with E-state index >= 15 is 0 Å². The molecule has 6 heteroatoms. The molecule has 0 fully saturated rings. The van der Waals surface area contributed by atoms with Crippen LogP contribution in [0.15, 0.2) is 17.0 Å². The SMILES string of the molecule is CCCc1nc(-c2cncn2C)nc(NCC)c1Br. The number of hydrogen-bond donors (Lipinski definition) is 1. The lowest BCUT2D eigenvalue weighted by molar-refractivity contribution is 0.856. The number of hydrogen-bond acceptors (Lipinski definition) is 4. The van der Waals surface area contributed by atoms with Gasteiger partial charge in [-0.1, -0.05) is 13.3 Å². The third kappa shape index (κ3) is 2.94. The van der Waals surface area contributed by atoms with Gasteiger partial charge in [-0.2, -0.15) is 0 Å². The lowest BCUT2D eigenvalue weighted by Crippen LogP contribution is -2.07. The third-order valence-corrected chi connectivity index (χ3v) is 3.63. The summed E-state index contributed by atoms with van der Waals surface area (Å²) in [5, 5.41) is 3.27. The van der Waals surface area contributed by atoms with Gasteiger partial charge in [-0.25, -0.2) is 15.0 Å². The molecule has 1 N–H and O–H groups in total. The predicted octanol–water partition coefficient (Wildman–Crippen LogP) is 3.02. The fourth-order valence-corrected chi connectivity index (χ4v) is 2.38. The molecule has 5 nitrogen and oxygen atoms in total. The van der Waals surface area contributed by atoms with E-state index in [1.54, 1.807) is 12.5 Å². The number of imidazole rings is 1. The standard InChI is InChI=1S/C13H18BrN5/c1-4-6-9-11(14)13(16-5-2)18-12(17-9)10-7-15-8-19(10)3/h7-8H,4-6H2,1-3H3,(H,16,17,18). The lowest BCUT2D eigenvalue weighted by atomic mass is 10.2. The van der Waals surface area contributed by atoms with Crippen molar-refractivity contribution in [3.63, 3.8) is 0 Å². The van der Waals surface area contributed by atoms with E-state index in [2.05, 4.69) is 50.0 Å². The van der Waals surface area contributed by atoms with Crippen LogP contribution in [-0.2, 0) is 13.5 Å². The molecule has 0 spiro atoms. The monoisotopic (exact) mass is 323 g/mol. The Balaban J connectivity index is 2.52. The van der Waals surface area contributed by atoms with Gasteiger partial charge in [0, 0.05) is 13.6 Å². The van der Waals surface area contributed by atoms with Gasteiger partial charge in [-0.05, 0) is 29.3 Å². The molecule has 19 heavy (non-hydrogen) atoms. The van der Waals surface area contributed by atoms with Crippen LogP contribution in [0.1, 0.15) is 26.0 Å². The van der Waals surface area contributed by atoms with Crippen molar-refractivity contribution >= 4 is 21.7 Å². The maximum absolute atomic E-state index is 4.65. The van der Waals surface area contributed by atoms with E-state index in [4.69, 9.17) is 0 Å². The van der Waals surface area contributed by atoms with E-state index in [1.807, 2.05) is 11.6 Å². The first-order chi connectivity index (χ1) is 9.17. The summed E-state index contributed by atoms with van der Waals surface area (Å²) in [7, 11) is 1.94. The largest absolute Gasteiger partial charge is 0.369 e. The summed E-state index contributed by atoms with van der Waals surface area (Å²) in [6.45, 7) is 5.02. The summed E-state index contributed by atoms with van der Waals surface area (Å²) in [5.41, 5.74) is 1.95. The van der Waals surface area contributed by atoms with Crippen LogP contribution in [0.3, 0.4) is 0 Å². The zero-order valence-electron chi connectivity index (χ0n) is 11.4. The van der Waals surface area contributed by atoms with Crippen molar-refractivity contribution in [3.8, 4) is 11.5 Å². The molecule has 0 bridgehead atoms. The Hall–Kier alpha value is -1.43. The van der Waals surface area contributed by atoms with Crippen molar-refractivity contribution in [2.45, 2.75) is 26.7 Å². The number of anilines is 1. The quantitative estimate of drug-likeness (QED) is 0.918. The molecule has 0 radical (unpaired) electrons. The smallest absolute Gasteiger partial charge is 0.180 e. The minimum atomic E-state index is 0.711. The van der Waals surface area contributed by atoms with E-state index in [9.17, 15) is 0 Å². The van der Waals surface area contributed by atoms with Crippen molar-refractivity contribution in [2.24, 2.45) is 7.05 Å². The van der Waals surface area contributed by atoms with E-state index in [1.165, 1.54) is 0 Å². The molecule has 2 rings (SSSR count). The Morgan fingerprint density at radius 1 is 1.32 bits per heavy atom. The van der Waals surface area contributed by atoms with Crippen LogP contribution in [0.25, 0.3) is 11.5 Å². The Bertz CT molecular complexity index is 537. The summed E-state index contributed by atoms with van der Waals surface area (Å²) in [4.78, 5) is 13.4. The molecule has 0 amide bonds. The Morgan fingerprint density at radius 2 is 2.11 bits per heavy atom. The molecular weight excluding hydrogens is 306 g/mol. The zero-order chi connectivity index (χ0) is 13.8. The molecule has 2 heterocycles. The molecule has 0 aromatic carbocycles. The van der Waals surface area contributed by atoms with Gasteiger partial charge in [0.05, 0.1) is 22.7 Å². The van der Waals surface area contributed by atoms with Gasteiger partial charge in [0.2, 0.25) is 0 Å². The molecule has 102 valence electrons. The molecule has 0 aliphatic carbocycles. The first-order valence-corrected chi connectivity index (χ1v) is 7.23. The number of nitrogens with zero attached hydrogens (tertiary/aromatic N) is 4. The molecular formula is C13H18BrN5. The van der Waals surface area contributed by atoms with Gasteiger partial charge in [0.15, 0.2) is 5.82 Å². The van der Waals surface area contributed by atoms with Crippen LogP contribution < -0.4 is 5.32 Å². The molecule has 2 aromatic heterocycles. The summed E-state index contributed by atoms with van der Waals surface area (Å²) in [5.74, 6) is 1.56. The summed E-state index contributed by atoms with van der Waals surface area (Å²) >= 11 is 3.59. The van der Waals surface area contributed by atoms with Crippen LogP contribution in [0.2, 0.25) is 0 Å². The summed E-state index contributed by atoms with van der Waals surface area (Å²) in [6, 6.07) is 0. The molecule has 0 aliphatic heterocycles. The number of aromatic nitrogens is 4. The highest BCUT2D eigenvalue weighted by molar-refractivity contribution is 9.10. The lowest BCUT2D eigenvalue weighted by Gasteiger charge is -2.12. The van der Waals surface area contributed by atoms with Crippen LogP contribution in [0.5, 0.6) is 0 Å². The van der Waals surface area contributed by atoms with Crippen LogP contribution in [0.4, 0.5) is 5.82 Å². The number of halogens is 1. The topological polar surface area (TPSA) is 55.6 Å². The summed E-state index contributed by atoms with van der Waals surface area (Å²) in [6.07, 6.45) is 5.51. The Kier molecular flexibility index (Phi) is 4.52. The van der Waals surface area contributed by atoms with Gasteiger partial charge < -0.3 is 9.88 Å². The molecule has 2 aromatic rings. The average molecular weight is 324 g/mol. The first kappa shape index (κ1) is 14.0. The predicted molar refractivity (Wildman–Crippen MR) is 80.1 cm³/mol. The summed E-state index contributed by atoms with van der Waals surface area (Å²) < 4.78 is 2.89. The normalized spacial score (nSPS) is 10.7. The number of nitrogens with one attached hydrogen (secondary N) is 1. The molecule has 0 atom stereocenters. The van der Waals surface area contributed by atoms with E-state index < -0.39 is 0 Å². The van der Waals surface area contributed by atoms with Gasteiger partial charge in [0.25, 0.3) is 0 Å². The molecule has 0 saturated carbocycles. The van der Waals surface area contributed by atoms with Crippen molar-refractivity contribution in [2.75, 3.05) is 11.9 Å². The minimum absolute atomic E-state index is 0.711. The maximum Gasteiger partial charge on any atom is 0.180 e. The second-order valence-corrected chi connectivity index (χ2v) is 5.12. The van der Waals surface area contributed by atoms with E-state index in [-0.39, 0.29) is 0 Å². The minimum Gasteiger partial charge on any atom is -0.369 e. The molecule has 0 unspecified atom stereocenters. The van der Waals surface area contributed by atoms with Gasteiger partial charge in [-0.3, -0.25) is 0 Å². The zero-order valence-corrected chi connectivity index (χ0v) is 13.0. The fourth-order valence-electron chi connectivity index (χ4n) is 1.87. The second-order valence-electron chi connectivity index (χ2n) is 4.33. The van der Waals surface area contributed by atoms with Crippen molar-refractivity contribution < 1.29 is 0 Å². The Labute approximate surface area is 121 Å². The van der Waals surface area contributed by atoms with Crippen LogP contribution in [-0.4, -0.2) is 26.1 Å². The number of rotatable bonds is 5. The highest BCUT2D eigenvalue weighted by Crippen LogP contribution is 2.27. The van der Waals surface area contributed by atoms with Crippen molar-refractivity contribution in [1.82, 2.24) is 19.5 Å². The van der Waals surface area contributed by atoms with Gasteiger partial charge in [0.1, 0.15) is 11.5 Å². The maximum atomic E-state index is 4.65. The Morgan fingerprint density at radius 3 is 2.68 bits per heavy atom. The molecule has 0 saturated heterocycles. The third-order valence-electron chi connectivity index (χ3n) is 2.80. The van der Waals surface area contributed by atoms with E-state index in [0.717, 1.165) is 41.1 Å². The fraction of sp³-hybridized carbons (Fsp3) is 0.462. The number of aryl methyl sites for hydroxylation is 2. The van der Waals surface area contributed by atoms with Crippen LogP contribution in [0, 0.1) is 0 Å². The highest BCUT2D eigenvalue weighted by Gasteiger charge is 2.14. The van der Waals surface area contributed by atoms with Crippen molar-refractivity contribution in [1.29, 1.82) is 0 Å².